The SMILES string of the molecule is Cc1ccccc1-c1noc(SCC(=O)N2C[C@@H](C)O[C@@H](C)C2)n1. The Labute approximate surface area is 145 Å². The topological polar surface area (TPSA) is 68.5 Å². The summed E-state index contributed by atoms with van der Waals surface area (Å²) in [5, 5.41) is 4.42. The molecule has 1 amide bonds. The lowest BCUT2D eigenvalue weighted by Crippen LogP contribution is -2.48. The average molecular weight is 347 g/mol. The van der Waals surface area contributed by atoms with Gasteiger partial charge in [0, 0.05) is 18.7 Å². The van der Waals surface area contributed by atoms with E-state index in [9.17, 15) is 4.79 Å². The molecule has 2 atom stereocenters. The summed E-state index contributed by atoms with van der Waals surface area (Å²) in [6.07, 6.45) is 0.137. The summed E-state index contributed by atoms with van der Waals surface area (Å²) in [6.45, 7) is 7.22. The van der Waals surface area contributed by atoms with Crippen LogP contribution in [0.15, 0.2) is 34.0 Å². The Balaban J connectivity index is 1.59. The quantitative estimate of drug-likeness (QED) is 0.792. The van der Waals surface area contributed by atoms with E-state index in [4.69, 9.17) is 9.26 Å². The largest absolute Gasteiger partial charge is 0.372 e. The highest BCUT2D eigenvalue weighted by atomic mass is 32.2. The summed E-state index contributed by atoms with van der Waals surface area (Å²) < 4.78 is 10.9. The van der Waals surface area contributed by atoms with E-state index in [0.717, 1.165) is 11.1 Å². The Bertz CT molecular complexity index is 709. The van der Waals surface area contributed by atoms with E-state index in [1.807, 2.05) is 49.9 Å². The van der Waals surface area contributed by atoms with Gasteiger partial charge in [-0.25, -0.2) is 0 Å². The molecule has 3 rings (SSSR count). The molecular weight excluding hydrogens is 326 g/mol. The van der Waals surface area contributed by atoms with Crippen LogP contribution in [0, 0.1) is 6.92 Å². The van der Waals surface area contributed by atoms with Crippen LogP contribution in [0.25, 0.3) is 11.4 Å². The van der Waals surface area contributed by atoms with Crippen LogP contribution in [-0.2, 0) is 9.53 Å². The van der Waals surface area contributed by atoms with Crippen LogP contribution in [-0.4, -0.2) is 52.0 Å². The minimum atomic E-state index is 0.0673. The van der Waals surface area contributed by atoms with Gasteiger partial charge in [0.15, 0.2) is 0 Å². The molecular formula is C17H21N3O3S. The number of carbonyl (C=O) groups excluding carboxylic acids is 1. The molecule has 0 unspecified atom stereocenters. The molecule has 1 aromatic carbocycles. The normalized spacial score (nSPS) is 21.0. The fourth-order valence-corrected chi connectivity index (χ4v) is 3.47. The molecule has 0 saturated carbocycles. The number of nitrogens with zero attached hydrogens (tertiary/aromatic N) is 3. The standard InChI is InChI=1S/C17H21N3O3S/c1-11-6-4-5-7-14(11)16-18-17(23-19-16)24-10-15(21)20-8-12(2)22-13(3)9-20/h4-7,12-13H,8-10H2,1-3H3/t12-,13+. The van der Waals surface area contributed by atoms with Gasteiger partial charge in [-0.2, -0.15) is 4.98 Å². The molecule has 0 aliphatic carbocycles. The van der Waals surface area contributed by atoms with E-state index in [1.165, 1.54) is 11.8 Å². The predicted molar refractivity (Wildman–Crippen MR) is 91.8 cm³/mol. The van der Waals surface area contributed by atoms with Crippen molar-refractivity contribution in [3.05, 3.63) is 29.8 Å². The van der Waals surface area contributed by atoms with E-state index in [2.05, 4.69) is 10.1 Å². The number of amides is 1. The maximum atomic E-state index is 12.4. The van der Waals surface area contributed by atoms with Gasteiger partial charge < -0.3 is 14.2 Å². The third-order valence-electron chi connectivity index (χ3n) is 3.88. The molecule has 6 nitrogen and oxygen atoms in total. The highest BCUT2D eigenvalue weighted by molar-refractivity contribution is 7.99. The lowest BCUT2D eigenvalue weighted by atomic mass is 10.1. The van der Waals surface area contributed by atoms with E-state index < -0.39 is 0 Å². The second-order valence-corrected chi connectivity index (χ2v) is 6.97. The summed E-state index contributed by atoms with van der Waals surface area (Å²) in [5.41, 5.74) is 2.03. The Morgan fingerprint density at radius 1 is 1.29 bits per heavy atom. The molecule has 0 radical (unpaired) electrons. The predicted octanol–water partition coefficient (Wildman–Crippen LogP) is 2.77. The van der Waals surface area contributed by atoms with Crippen molar-refractivity contribution in [2.24, 2.45) is 0 Å². The minimum Gasteiger partial charge on any atom is -0.372 e. The van der Waals surface area contributed by atoms with Crippen molar-refractivity contribution in [3.63, 3.8) is 0 Å². The molecule has 128 valence electrons. The molecule has 1 saturated heterocycles. The third-order valence-corrected chi connectivity index (χ3v) is 4.69. The Morgan fingerprint density at radius 3 is 2.71 bits per heavy atom. The van der Waals surface area contributed by atoms with Crippen LogP contribution < -0.4 is 0 Å². The number of thioether (sulfide) groups is 1. The van der Waals surface area contributed by atoms with E-state index in [-0.39, 0.29) is 23.9 Å². The Kier molecular flexibility index (Phi) is 5.20. The second kappa shape index (κ2) is 7.36. The third kappa shape index (κ3) is 3.96. The van der Waals surface area contributed by atoms with E-state index >= 15 is 0 Å². The summed E-state index contributed by atoms with van der Waals surface area (Å²) >= 11 is 1.27. The fourth-order valence-electron chi connectivity index (χ4n) is 2.80. The van der Waals surface area contributed by atoms with Gasteiger partial charge in [0.2, 0.25) is 11.7 Å². The van der Waals surface area contributed by atoms with Gasteiger partial charge >= 0.3 is 0 Å². The number of aromatic nitrogens is 2. The van der Waals surface area contributed by atoms with E-state index in [1.54, 1.807) is 0 Å². The van der Waals surface area contributed by atoms with Crippen molar-refractivity contribution in [2.45, 2.75) is 38.2 Å². The molecule has 0 bridgehead atoms. The van der Waals surface area contributed by atoms with Crippen LogP contribution in [0.4, 0.5) is 0 Å². The maximum Gasteiger partial charge on any atom is 0.286 e. The molecule has 0 spiro atoms. The van der Waals surface area contributed by atoms with Gasteiger partial charge in [0.05, 0.1) is 18.0 Å². The van der Waals surface area contributed by atoms with Crippen molar-refractivity contribution in [2.75, 3.05) is 18.8 Å². The first-order chi connectivity index (χ1) is 11.5. The first kappa shape index (κ1) is 17.0. The smallest absolute Gasteiger partial charge is 0.286 e. The molecule has 1 aliphatic heterocycles. The van der Waals surface area contributed by atoms with Crippen molar-refractivity contribution in [1.82, 2.24) is 15.0 Å². The molecule has 7 heteroatoms. The zero-order valence-corrected chi connectivity index (χ0v) is 14.9. The van der Waals surface area contributed by atoms with Crippen molar-refractivity contribution in [3.8, 4) is 11.4 Å². The van der Waals surface area contributed by atoms with Crippen molar-refractivity contribution < 1.29 is 14.1 Å². The van der Waals surface area contributed by atoms with E-state index in [0.29, 0.717) is 24.1 Å². The first-order valence-corrected chi connectivity index (χ1v) is 8.97. The number of hydrogen-bond acceptors (Lipinski definition) is 6. The van der Waals surface area contributed by atoms with Gasteiger partial charge in [0.25, 0.3) is 5.22 Å². The summed E-state index contributed by atoms with van der Waals surface area (Å²) in [6, 6.07) is 7.87. The van der Waals surface area contributed by atoms with Gasteiger partial charge in [0.1, 0.15) is 0 Å². The Hall–Kier alpha value is -1.86. The van der Waals surface area contributed by atoms with Crippen LogP contribution in [0.5, 0.6) is 0 Å². The van der Waals surface area contributed by atoms with Crippen LogP contribution in [0.1, 0.15) is 19.4 Å². The van der Waals surface area contributed by atoms with Gasteiger partial charge in [-0.3, -0.25) is 4.79 Å². The molecule has 1 aliphatic rings. The molecule has 24 heavy (non-hydrogen) atoms. The fraction of sp³-hybridized carbons (Fsp3) is 0.471. The molecule has 1 fully saturated rings. The summed E-state index contributed by atoms with van der Waals surface area (Å²) in [5.74, 6) is 0.906. The number of morpholine rings is 1. The second-order valence-electron chi connectivity index (χ2n) is 6.04. The number of carbonyl (C=O) groups is 1. The maximum absolute atomic E-state index is 12.4. The summed E-state index contributed by atoms with van der Waals surface area (Å²) in [4.78, 5) is 18.6. The number of aryl methyl sites for hydroxylation is 1. The highest BCUT2D eigenvalue weighted by Crippen LogP contribution is 2.24. The number of rotatable bonds is 4. The number of benzene rings is 1. The average Bonchev–Trinajstić information content (AvgIpc) is 3.01. The summed E-state index contributed by atoms with van der Waals surface area (Å²) in [7, 11) is 0. The Morgan fingerprint density at radius 2 is 2.00 bits per heavy atom. The van der Waals surface area contributed by atoms with Crippen molar-refractivity contribution in [1.29, 1.82) is 0 Å². The zero-order valence-electron chi connectivity index (χ0n) is 14.1. The van der Waals surface area contributed by atoms with Crippen LogP contribution in [0.2, 0.25) is 0 Å². The zero-order chi connectivity index (χ0) is 17.1. The number of ether oxygens (including phenoxy) is 1. The number of hydrogen-bond donors (Lipinski definition) is 0. The van der Waals surface area contributed by atoms with Gasteiger partial charge in [-0.15, -0.1) is 0 Å². The lowest BCUT2D eigenvalue weighted by molar-refractivity contribution is -0.140. The molecule has 2 aromatic rings. The minimum absolute atomic E-state index is 0.0673. The molecule has 2 heterocycles. The van der Waals surface area contributed by atoms with Gasteiger partial charge in [-0.05, 0) is 26.3 Å². The molecule has 1 aromatic heterocycles. The van der Waals surface area contributed by atoms with Crippen LogP contribution in [0.3, 0.4) is 0 Å². The van der Waals surface area contributed by atoms with Crippen LogP contribution >= 0.6 is 11.8 Å². The lowest BCUT2D eigenvalue weighted by Gasteiger charge is -2.35. The van der Waals surface area contributed by atoms with Crippen molar-refractivity contribution >= 4 is 17.7 Å². The first-order valence-electron chi connectivity index (χ1n) is 7.98. The monoisotopic (exact) mass is 347 g/mol. The molecule has 0 N–H and O–H groups in total. The highest BCUT2D eigenvalue weighted by Gasteiger charge is 2.26. The van der Waals surface area contributed by atoms with Gasteiger partial charge in [-0.1, -0.05) is 41.2 Å².